The fourth-order valence-electron chi connectivity index (χ4n) is 5.54. The van der Waals surface area contributed by atoms with E-state index in [2.05, 4.69) is 35.0 Å². The van der Waals surface area contributed by atoms with Crippen LogP contribution in [-0.2, 0) is 21.4 Å². The number of aliphatic imine (C=N–C) groups is 1. The normalized spacial score (nSPS) is 38.6. The highest BCUT2D eigenvalue weighted by Crippen LogP contribution is 2.65. The molecule has 4 nitrogen and oxygen atoms in total. The lowest BCUT2D eigenvalue weighted by molar-refractivity contribution is -0.0559. The second-order valence-electron chi connectivity index (χ2n) is 7.81. The van der Waals surface area contributed by atoms with Crippen molar-refractivity contribution in [3.8, 4) is 0 Å². The molecule has 0 aromatic heterocycles. The summed E-state index contributed by atoms with van der Waals surface area (Å²) < 4.78 is 12.3. The van der Waals surface area contributed by atoms with Crippen LogP contribution >= 0.6 is 15.9 Å². The van der Waals surface area contributed by atoms with Gasteiger partial charge in [0, 0.05) is 17.0 Å². The van der Waals surface area contributed by atoms with Gasteiger partial charge >= 0.3 is 0 Å². The minimum absolute atomic E-state index is 0.0683. The lowest BCUT2D eigenvalue weighted by Crippen LogP contribution is -2.60. The summed E-state index contributed by atoms with van der Waals surface area (Å²) in [4.78, 5) is 4.78. The van der Waals surface area contributed by atoms with E-state index in [9.17, 15) is 0 Å². The number of nitrogens with zero attached hydrogens (tertiary/aromatic N) is 1. The number of hydrogen-bond donors (Lipinski definition) is 1. The van der Waals surface area contributed by atoms with Gasteiger partial charge in [-0.15, -0.1) is 0 Å². The molecule has 128 valence electrons. The van der Waals surface area contributed by atoms with Crippen molar-refractivity contribution < 1.29 is 9.47 Å². The first kappa shape index (κ1) is 17.5. The molecule has 1 fully saturated rings. The topological polar surface area (TPSA) is 56.8 Å². The number of benzene rings is 1. The van der Waals surface area contributed by atoms with Crippen LogP contribution in [-0.4, -0.2) is 40.3 Å². The minimum Gasteiger partial charge on any atom is -0.476 e. The highest BCUT2D eigenvalue weighted by molar-refractivity contribution is 9.10. The quantitative estimate of drug-likeness (QED) is 0.739. The summed E-state index contributed by atoms with van der Waals surface area (Å²) in [7, 11) is 14.8. The molecule has 1 aromatic rings. The fraction of sp³-hybridized carbons (Fsp3) is 0.611. The first-order valence-corrected chi connectivity index (χ1v) is 9.48. The number of amidine groups is 1. The van der Waals surface area contributed by atoms with Crippen molar-refractivity contribution in [1.82, 2.24) is 0 Å². The van der Waals surface area contributed by atoms with Crippen LogP contribution in [0.4, 0.5) is 0 Å². The van der Waals surface area contributed by atoms with Crippen molar-refractivity contribution in [3.63, 3.8) is 0 Å². The Morgan fingerprint density at radius 2 is 2.16 bits per heavy atom. The molecule has 2 aliphatic carbocycles. The molecule has 2 spiro atoms. The highest BCUT2D eigenvalue weighted by atomic mass is 79.9. The molecule has 3 aliphatic rings. The Hall–Kier alpha value is -0.940. The molecular formula is C18H21B2BrN2O2. The zero-order valence-corrected chi connectivity index (χ0v) is 16.2. The minimum atomic E-state index is -1.47. The Balaban J connectivity index is 1.92. The summed E-state index contributed by atoms with van der Waals surface area (Å²) in [5.74, 6) is 0.376. The number of methoxy groups -OCH3 is 1. The summed E-state index contributed by atoms with van der Waals surface area (Å²) in [5, 5.41) is -1.47. The van der Waals surface area contributed by atoms with Crippen LogP contribution in [0.2, 0.25) is 0 Å². The van der Waals surface area contributed by atoms with Gasteiger partial charge in [0.2, 0.25) is 0 Å². The largest absolute Gasteiger partial charge is 0.476 e. The monoisotopic (exact) mass is 398 g/mol. The van der Waals surface area contributed by atoms with Gasteiger partial charge in [-0.25, -0.2) is 4.99 Å². The molecule has 0 bridgehead atoms. The van der Waals surface area contributed by atoms with Crippen LogP contribution < -0.4 is 5.73 Å². The third-order valence-corrected chi connectivity index (χ3v) is 6.93. The lowest BCUT2D eigenvalue weighted by Gasteiger charge is -2.53. The van der Waals surface area contributed by atoms with Crippen molar-refractivity contribution in [2.24, 2.45) is 22.1 Å². The average molecular weight is 399 g/mol. The van der Waals surface area contributed by atoms with Gasteiger partial charge in [0.25, 0.3) is 6.02 Å². The van der Waals surface area contributed by atoms with Crippen molar-refractivity contribution in [1.29, 1.82) is 0 Å². The Morgan fingerprint density at radius 3 is 2.76 bits per heavy atom. The molecule has 4 atom stereocenters. The molecule has 2 N–H and O–H groups in total. The van der Waals surface area contributed by atoms with Gasteiger partial charge in [-0.3, -0.25) is 0 Å². The number of halogens is 1. The molecule has 0 saturated heterocycles. The van der Waals surface area contributed by atoms with Crippen LogP contribution in [0.5, 0.6) is 0 Å². The maximum Gasteiger partial charge on any atom is 0.281 e. The van der Waals surface area contributed by atoms with Crippen molar-refractivity contribution in [2.45, 2.75) is 49.6 Å². The molecule has 25 heavy (non-hydrogen) atoms. The lowest BCUT2D eigenvalue weighted by atomic mass is 9.44. The van der Waals surface area contributed by atoms with Gasteiger partial charge < -0.3 is 15.2 Å². The summed E-state index contributed by atoms with van der Waals surface area (Å²) in [6.07, 6.45) is 3.88. The van der Waals surface area contributed by atoms with Crippen molar-refractivity contribution in [3.05, 3.63) is 33.8 Å². The van der Waals surface area contributed by atoms with E-state index in [1.807, 2.05) is 6.07 Å². The van der Waals surface area contributed by atoms with E-state index < -0.39 is 10.9 Å². The Kier molecular flexibility index (Phi) is 3.86. The molecule has 1 heterocycles. The maximum atomic E-state index is 6.51. The van der Waals surface area contributed by atoms with Gasteiger partial charge in [0.15, 0.2) is 0 Å². The first-order chi connectivity index (χ1) is 11.7. The number of hydrogen-bond acceptors (Lipinski definition) is 4. The van der Waals surface area contributed by atoms with E-state index in [4.69, 9.17) is 35.9 Å². The van der Waals surface area contributed by atoms with Gasteiger partial charge in [0.1, 0.15) is 21.2 Å². The predicted molar refractivity (Wildman–Crippen MR) is 103 cm³/mol. The molecule has 7 heteroatoms. The third-order valence-electron chi connectivity index (χ3n) is 6.43. The zero-order valence-electron chi connectivity index (χ0n) is 14.6. The van der Waals surface area contributed by atoms with Crippen molar-refractivity contribution >= 4 is 37.6 Å². The first-order valence-electron chi connectivity index (χ1n) is 8.68. The maximum absolute atomic E-state index is 6.51. The SMILES string of the molecule is [B]C1([B])OC(N)=N[C@]12c1cc(Br)ccc1C[C@]21CC[C@@H](OC)[C@H](C)C1. The van der Waals surface area contributed by atoms with Crippen LogP contribution in [0.25, 0.3) is 0 Å². The molecular weight excluding hydrogens is 378 g/mol. The van der Waals surface area contributed by atoms with E-state index in [0.717, 1.165) is 35.7 Å². The summed E-state index contributed by atoms with van der Waals surface area (Å²) >= 11 is 3.57. The van der Waals surface area contributed by atoms with Crippen LogP contribution in [0, 0.1) is 11.3 Å². The predicted octanol–water partition coefficient (Wildman–Crippen LogP) is 2.36. The number of fused-ring (bicyclic) bond motifs is 3. The smallest absolute Gasteiger partial charge is 0.281 e. The van der Waals surface area contributed by atoms with E-state index >= 15 is 0 Å². The summed E-state index contributed by atoms with van der Waals surface area (Å²) in [5.41, 5.74) is 7.10. The number of ether oxygens (including phenoxy) is 2. The van der Waals surface area contributed by atoms with E-state index in [0.29, 0.717) is 5.92 Å². The molecule has 1 saturated carbocycles. The number of rotatable bonds is 1. The molecule has 0 amide bonds. The molecule has 1 aromatic carbocycles. The highest BCUT2D eigenvalue weighted by Gasteiger charge is 2.68. The third kappa shape index (κ3) is 2.21. The van der Waals surface area contributed by atoms with E-state index in [1.54, 1.807) is 7.11 Å². The standard InChI is InChI=1S/C18H21B2BrN2O2/c1-10-8-16(6-5-14(10)24-2)9-11-3-4-12(21)7-13(11)17(16)18(19,20)25-15(22)23-17/h3-4,7,10,14H,5-6,8-9H2,1-2H3,(H2,22,23)/t10-,14-,16-,17+/m1/s1. The average Bonchev–Trinajstić information content (AvgIpc) is 2.93. The number of nitrogens with two attached hydrogens (primary N) is 1. The molecule has 1 aliphatic heterocycles. The molecule has 4 radical (unpaired) electrons. The zero-order chi connectivity index (χ0) is 18.0. The Morgan fingerprint density at radius 1 is 1.40 bits per heavy atom. The van der Waals surface area contributed by atoms with E-state index in [-0.39, 0.29) is 17.5 Å². The second kappa shape index (κ2) is 5.53. The van der Waals surface area contributed by atoms with Gasteiger partial charge in [0.05, 0.1) is 11.5 Å². The molecule has 0 unspecified atom stereocenters. The van der Waals surface area contributed by atoms with Crippen LogP contribution in [0.15, 0.2) is 27.7 Å². The van der Waals surface area contributed by atoms with Gasteiger partial charge in [-0.2, -0.15) is 0 Å². The fourth-order valence-corrected chi connectivity index (χ4v) is 5.90. The van der Waals surface area contributed by atoms with Crippen LogP contribution in [0.3, 0.4) is 0 Å². The Bertz CT molecular complexity index is 757. The second-order valence-corrected chi connectivity index (χ2v) is 8.72. The Labute approximate surface area is 159 Å². The van der Waals surface area contributed by atoms with E-state index in [1.165, 1.54) is 5.56 Å². The van der Waals surface area contributed by atoms with Gasteiger partial charge in [-0.1, -0.05) is 28.9 Å². The van der Waals surface area contributed by atoms with Crippen molar-refractivity contribution in [2.75, 3.05) is 7.11 Å². The molecule has 4 rings (SSSR count). The summed E-state index contributed by atoms with van der Waals surface area (Å²) in [6.45, 7) is 2.22. The summed E-state index contributed by atoms with van der Waals surface area (Å²) in [6, 6.07) is 6.31. The van der Waals surface area contributed by atoms with Gasteiger partial charge in [-0.05, 0) is 54.9 Å². The van der Waals surface area contributed by atoms with Crippen LogP contribution in [0.1, 0.15) is 37.3 Å².